The number of carbonyl (C=O) groups excluding carboxylic acids is 2. The molecule has 0 aliphatic carbocycles. The van der Waals surface area contributed by atoms with Gasteiger partial charge in [0.15, 0.2) is 0 Å². The van der Waals surface area contributed by atoms with Gasteiger partial charge in [-0.2, -0.15) is 8.78 Å². The molecule has 6 nitrogen and oxygen atoms in total. The summed E-state index contributed by atoms with van der Waals surface area (Å²) in [5.74, 6) is 5.74. The van der Waals surface area contributed by atoms with Crippen LogP contribution in [0.2, 0.25) is 0 Å². The summed E-state index contributed by atoms with van der Waals surface area (Å²) < 4.78 is 26.2. The topological polar surface area (TPSA) is 71.4 Å². The van der Waals surface area contributed by atoms with Gasteiger partial charge in [0.25, 0.3) is 17.4 Å². The lowest BCUT2D eigenvalue weighted by Crippen LogP contribution is -2.37. The molecule has 0 bridgehead atoms. The van der Waals surface area contributed by atoms with Crippen molar-refractivity contribution in [2.45, 2.75) is 25.3 Å². The molecule has 41 heavy (non-hydrogen) atoms. The minimum absolute atomic E-state index is 0.00380. The predicted molar refractivity (Wildman–Crippen MR) is 153 cm³/mol. The second-order valence-corrected chi connectivity index (χ2v) is 9.75. The van der Waals surface area contributed by atoms with Crippen molar-refractivity contribution in [3.05, 3.63) is 135 Å². The largest absolute Gasteiger partial charge is 0.339 e. The molecular formula is C33H27F2N3O3. The molecule has 0 spiro atoms. The van der Waals surface area contributed by atoms with E-state index in [1.54, 1.807) is 12.1 Å². The van der Waals surface area contributed by atoms with Gasteiger partial charge in [0.1, 0.15) is 5.56 Å². The summed E-state index contributed by atoms with van der Waals surface area (Å²) in [4.78, 5) is 39.6. The zero-order valence-corrected chi connectivity index (χ0v) is 22.1. The van der Waals surface area contributed by atoms with Crippen LogP contribution in [0.4, 0.5) is 14.5 Å². The summed E-state index contributed by atoms with van der Waals surface area (Å²) in [5, 5.41) is 2.60. The molecule has 4 aromatic rings. The minimum Gasteiger partial charge on any atom is -0.339 e. The van der Waals surface area contributed by atoms with Crippen molar-refractivity contribution >= 4 is 17.5 Å². The van der Waals surface area contributed by atoms with Gasteiger partial charge in [-0.25, -0.2) is 0 Å². The number of aromatic nitrogens is 1. The van der Waals surface area contributed by atoms with Crippen LogP contribution in [-0.2, 0) is 0 Å². The Hall–Kier alpha value is -5.03. The van der Waals surface area contributed by atoms with Crippen molar-refractivity contribution in [2.24, 2.45) is 0 Å². The Morgan fingerprint density at radius 2 is 1.44 bits per heavy atom. The molecule has 1 aliphatic rings. The summed E-state index contributed by atoms with van der Waals surface area (Å²) in [6.07, 6.45) is 2.54. The van der Waals surface area contributed by atoms with Crippen LogP contribution in [0, 0.1) is 11.8 Å². The fourth-order valence-corrected chi connectivity index (χ4v) is 4.83. The second-order valence-electron chi connectivity index (χ2n) is 9.75. The van der Waals surface area contributed by atoms with Gasteiger partial charge in [-0.15, -0.1) is 0 Å². The lowest BCUT2D eigenvalue weighted by Gasteiger charge is -2.32. The Balaban J connectivity index is 1.15. The fourth-order valence-electron chi connectivity index (χ4n) is 4.83. The summed E-state index contributed by atoms with van der Waals surface area (Å²) >= 11 is 0. The number of nitrogens with one attached hydrogen (secondary N) is 1. The smallest absolute Gasteiger partial charge is 0.321 e. The lowest BCUT2D eigenvalue weighted by atomic mass is 9.89. The van der Waals surface area contributed by atoms with Crippen molar-refractivity contribution in [3.63, 3.8) is 0 Å². The number of pyridine rings is 1. The van der Waals surface area contributed by atoms with Crippen molar-refractivity contribution in [1.29, 1.82) is 0 Å². The zero-order valence-electron chi connectivity index (χ0n) is 22.1. The molecular weight excluding hydrogens is 524 g/mol. The van der Waals surface area contributed by atoms with Crippen LogP contribution in [-0.4, -0.2) is 34.4 Å². The monoisotopic (exact) mass is 551 g/mol. The highest BCUT2D eigenvalue weighted by molar-refractivity contribution is 6.04. The fraction of sp³-hybridized carbons (Fsp3) is 0.182. The molecule has 1 saturated heterocycles. The highest BCUT2D eigenvalue weighted by Crippen LogP contribution is 2.29. The maximum Gasteiger partial charge on any atom is 0.321 e. The summed E-state index contributed by atoms with van der Waals surface area (Å²) in [6, 6.07) is 26.8. The predicted octanol–water partition coefficient (Wildman–Crippen LogP) is 5.92. The molecule has 3 aromatic carbocycles. The summed E-state index contributed by atoms with van der Waals surface area (Å²) in [7, 11) is 0. The molecule has 2 heterocycles. The number of anilines is 1. The van der Waals surface area contributed by atoms with E-state index >= 15 is 0 Å². The van der Waals surface area contributed by atoms with Crippen molar-refractivity contribution in [3.8, 4) is 11.8 Å². The molecule has 1 fully saturated rings. The molecule has 1 N–H and O–H groups in total. The maximum atomic E-state index is 13.1. The molecule has 0 atom stereocenters. The number of piperidine rings is 1. The molecule has 0 unspecified atom stereocenters. The maximum absolute atomic E-state index is 13.1. The molecule has 5 rings (SSSR count). The number of halogens is 2. The number of alkyl halides is 2. The molecule has 0 radical (unpaired) electrons. The Kier molecular flexibility index (Phi) is 8.35. The van der Waals surface area contributed by atoms with Gasteiger partial charge >= 0.3 is 6.55 Å². The molecule has 1 aromatic heterocycles. The Morgan fingerprint density at radius 1 is 0.805 bits per heavy atom. The first-order valence-corrected chi connectivity index (χ1v) is 13.3. The molecule has 0 saturated carbocycles. The summed E-state index contributed by atoms with van der Waals surface area (Å²) in [6.45, 7) is -1.77. The third kappa shape index (κ3) is 6.59. The minimum atomic E-state index is -3.03. The standard InChI is InChI=1S/C33H27F2N3O3/c34-33(35)38-20-4-7-29(32(38)41)30(39)36-28-16-14-25(15-17-28)26-18-21-37(22-19-26)31(40)27-12-10-24(11-13-27)9-8-23-5-2-1-3-6-23/h1-7,10-17,20,26,33H,18-19,21-22H2,(H,36,39). The van der Waals surface area contributed by atoms with E-state index < -0.39 is 18.0 Å². The number of nitrogens with zero attached hydrogens (tertiary/aromatic N) is 2. The van der Waals surface area contributed by atoms with E-state index in [4.69, 9.17) is 0 Å². The zero-order chi connectivity index (χ0) is 28.8. The number of amides is 2. The summed E-state index contributed by atoms with van der Waals surface area (Å²) in [5.41, 5.74) is 2.54. The van der Waals surface area contributed by atoms with Crippen molar-refractivity contribution < 1.29 is 18.4 Å². The van der Waals surface area contributed by atoms with Gasteiger partial charge in [0.05, 0.1) is 0 Å². The second kappa shape index (κ2) is 12.4. The van der Waals surface area contributed by atoms with Gasteiger partial charge in [0.2, 0.25) is 0 Å². The average Bonchev–Trinajstić information content (AvgIpc) is 3.01. The third-order valence-corrected chi connectivity index (χ3v) is 7.11. The molecule has 2 amide bonds. The third-order valence-electron chi connectivity index (χ3n) is 7.11. The van der Waals surface area contributed by atoms with Gasteiger partial charge < -0.3 is 10.2 Å². The van der Waals surface area contributed by atoms with Crippen LogP contribution in [0.15, 0.2) is 102 Å². The highest BCUT2D eigenvalue weighted by Gasteiger charge is 2.25. The van der Waals surface area contributed by atoms with E-state index in [1.165, 1.54) is 12.1 Å². The van der Waals surface area contributed by atoms with Crippen molar-refractivity contribution in [2.75, 3.05) is 18.4 Å². The van der Waals surface area contributed by atoms with E-state index in [2.05, 4.69) is 17.2 Å². The first-order valence-electron chi connectivity index (χ1n) is 13.3. The number of hydrogen-bond donors (Lipinski definition) is 1. The van der Waals surface area contributed by atoms with E-state index in [-0.39, 0.29) is 22.0 Å². The van der Waals surface area contributed by atoms with Crippen LogP contribution < -0.4 is 10.9 Å². The highest BCUT2D eigenvalue weighted by atomic mass is 19.3. The average molecular weight is 552 g/mol. The van der Waals surface area contributed by atoms with Gasteiger partial charge in [0, 0.05) is 41.7 Å². The Bertz CT molecular complexity index is 1650. The van der Waals surface area contributed by atoms with E-state index in [0.29, 0.717) is 24.3 Å². The van der Waals surface area contributed by atoms with Crippen LogP contribution >= 0.6 is 0 Å². The SMILES string of the molecule is O=C(Nc1ccc(C2CCN(C(=O)c3ccc(C#Cc4ccccc4)cc3)CC2)cc1)c1cccn(C(F)F)c1=O. The number of likely N-dealkylation sites (tertiary alicyclic amines) is 1. The Labute approximate surface area is 236 Å². The first kappa shape index (κ1) is 27.5. The van der Waals surface area contributed by atoms with Gasteiger partial charge in [-0.05, 0) is 85.0 Å². The normalized spacial score (nSPS) is 13.4. The van der Waals surface area contributed by atoms with Crippen LogP contribution in [0.5, 0.6) is 0 Å². The van der Waals surface area contributed by atoms with Crippen molar-refractivity contribution in [1.82, 2.24) is 9.47 Å². The number of benzene rings is 3. The molecule has 206 valence electrons. The van der Waals surface area contributed by atoms with Crippen LogP contribution in [0.25, 0.3) is 0 Å². The van der Waals surface area contributed by atoms with Crippen LogP contribution in [0.3, 0.4) is 0 Å². The molecule has 1 aliphatic heterocycles. The van der Waals surface area contributed by atoms with E-state index in [1.807, 2.05) is 71.6 Å². The number of hydrogen-bond acceptors (Lipinski definition) is 3. The number of carbonyl (C=O) groups is 2. The van der Waals surface area contributed by atoms with Gasteiger partial charge in [-0.3, -0.25) is 19.0 Å². The first-order chi connectivity index (χ1) is 19.9. The number of rotatable bonds is 5. The quantitative estimate of drug-likeness (QED) is 0.313. The van der Waals surface area contributed by atoms with E-state index in [0.717, 1.165) is 35.7 Å². The molecule has 8 heteroatoms. The lowest BCUT2D eigenvalue weighted by molar-refractivity contribution is 0.0658. The van der Waals surface area contributed by atoms with E-state index in [9.17, 15) is 23.2 Å². The Morgan fingerprint density at radius 3 is 2.07 bits per heavy atom. The van der Waals surface area contributed by atoms with Crippen LogP contribution in [0.1, 0.15) is 62.7 Å². The van der Waals surface area contributed by atoms with Gasteiger partial charge in [-0.1, -0.05) is 42.2 Å².